The lowest BCUT2D eigenvalue weighted by atomic mass is 10.1. The monoisotopic (exact) mass is 313 g/mol. The first-order chi connectivity index (χ1) is 11.2. The van der Waals surface area contributed by atoms with Crippen LogP contribution in [0.2, 0.25) is 0 Å². The maximum absolute atomic E-state index is 12.1. The van der Waals surface area contributed by atoms with E-state index < -0.39 is 0 Å². The SMILES string of the molecule is CCOc1c(OC)cc(/C=C/C(=O)c2cccnc2)cc1OC. The molecule has 0 fully saturated rings. The number of rotatable bonds is 7. The molecule has 0 radical (unpaired) electrons. The number of ketones is 1. The number of hydrogen-bond donors (Lipinski definition) is 0. The Morgan fingerprint density at radius 3 is 2.43 bits per heavy atom. The van der Waals surface area contributed by atoms with Crippen molar-refractivity contribution in [1.29, 1.82) is 0 Å². The topological polar surface area (TPSA) is 57.7 Å². The van der Waals surface area contributed by atoms with Crippen LogP contribution in [0.3, 0.4) is 0 Å². The molecule has 0 aliphatic heterocycles. The predicted molar refractivity (Wildman–Crippen MR) is 88.3 cm³/mol. The van der Waals surface area contributed by atoms with E-state index in [0.717, 1.165) is 5.56 Å². The van der Waals surface area contributed by atoms with Crippen molar-refractivity contribution in [2.24, 2.45) is 0 Å². The predicted octanol–water partition coefficient (Wildman–Crippen LogP) is 3.39. The fourth-order valence-corrected chi connectivity index (χ4v) is 2.06. The summed E-state index contributed by atoms with van der Waals surface area (Å²) in [4.78, 5) is 16.0. The lowest BCUT2D eigenvalue weighted by Crippen LogP contribution is -1.99. The average Bonchev–Trinajstić information content (AvgIpc) is 2.61. The number of carbonyl (C=O) groups excluding carboxylic acids is 1. The Bertz CT molecular complexity index is 670. The lowest BCUT2D eigenvalue weighted by Gasteiger charge is -2.14. The number of hydrogen-bond acceptors (Lipinski definition) is 5. The summed E-state index contributed by atoms with van der Waals surface area (Å²) in [6, 6.07) is 7.03. The largest absolute Gasteiger partial charge is 0.493 e. The molecule has 0 bridgehead atoms. The van der Waals surface area contributed by atoms with Crippen molar-refractivity contribution in [3.63, 3.8) is 0 Å². The van der Waals surface area contributed by atoms with Crippen molar-refractivity contribution < 1.29 is 19.0 Å². The molecule has 1 aromatic heterocycles. The Hall–Kier alpha value is -2.82. The Morgan fingerprint density at radius 1 is 1.22 bits per heavy atom. The van der Waals surface area contributed by atoms with Gasteiger partial charge in [-0.2, -0.15) is 0 Å². The summed E-state index contributed by atoms with van der Waals surface area (Å²) in [7, 11) is 3.12. The number of allylic oxidation sites excluding steroid dienone is 1. The van der Waals surface area contributed by atoms with E-state index in [1.165, 1.54) is 12.3 Å². The molecule has 0 aliphatic carbocycles. The summed E-state index contributed by atoms with van der Waals surface area (Å²) in [5.41, 5.74) is 1.31. The van der Waals surface area contributed by atoms with E-state index >= 15 is 0 Å². The van der Waals surface area contributed by atoms with Crippen LogP contribution in [-0.2, 0) is 0 Å². The average molecular weight is 313 g/mol. The van der Waals surface area contributed by atoms with Crippen molar-refractivity contribution in [2.45, 2.75) is 6.92 Å². The quantitative estimate of drug-likeness (QED) is 0.579. The van der Waals surface area contributed by atoms with E-state index in [4.69, 9.17) is 14.2 Å². The van der Waals surface area contributed by atoms with Gasteiger partial charge in [0.2, 0.25) is 5.75 Å². The van der Waals surface area contributed by atoms with Gasteiger partial charge in [-0.3, -0.25) is 9.78 Å². The third-order valence-electron chi connectivity index (χ3n) is 3.14. The molecular weight excluding hydrogens is 294 g/mol. The molecule has 1 aromatic carbocycles. The molecule has 0 saturated carbocycles. The lowest BCUT2D eigenvalue weighted by molar-refractivity contribution is 0.104. The van der Waals surface area contributed by atoms with E-state index in [0.29, 0.717) is 29.4 Å². The zero-order valence-electron chi connectivity index (χ0n) is 13.4. The third kappa shape index (κ3) is 4.10. The molecular formula is C18H19NO4. The van der Waals surface area contributed by atoms with Crippen LogP contribution in [0.1, 0.15) is 22.8 Å². The van der Waals surface area contributed by atoms with Gasteiger partial charge in [-0.15, -0.1) is 0 Å². The van der Waals surface area contributed by atoms with Crippen LogP contribution in [0, 0.1) is 0 Å². The second-order valence-corrected chi connectivity index (χ2v) is 4.63. The fraction of sp³-hybridized carbons (Fsp3) is 0.222. The zero-order chi connectivity index (χ0) is 16.7. The van der Waals surface area contributed by atoms with Gasteiger partial charge in [0.05, 0.1) is 20.8 Å². The van der Waals surface area contributed by atoms with Crippen LogP contribution in [-0.4, -0.2) is 31.6 Å². The summed E-state index contributed by atoms with van der Waals surface area (Å²) in [5, 5.41) is 0. The molecule has 23 heavy (non-hydrogen) atoms. The van der Waals surface area contributed by atoms with Gasteiger partial charge in [0, 0.05) is 18.0 Å². The van der Waals surface area contributed by atoms with Crippen LogP contribution in [0.4, 0.5) is 0 Å². The normalized spacial score (nSPS) is 10.6. The molecule has 0 saturated heterocycles. The molecule has 0 spiro atoms. The molecule has 0 aliphatic rings. The molecule has 5 nitrogen and oxygen atoms in total. The molecule has 2 aromatic rings. The minimum atomic E-state index is -0.120. The molecule has 5 heteroatoms. The summed E-state index contributed by atoms with van der Waals surface area (Å²) in [5.74, 6) is 1.54. The van der Waals surface area contributed by atoms with Crippen molar-refractivity contribution >= 4 is 11.9 Å². The summed E-state index contributed by atoms with van der Waals surface area (Å²) in [6.07, 6.45) is 6.36. The number of methoxy groups -OCH3 is 2. The fourth-order valence-electron chi connectivity index (χ4n) is 2.06. The number of aromatic nitrogens is 1. The van der Waals surface area contributed by atoms with Crippen molar-refractivity contribution in [3.05, 3.63) is 53.9 Å². The Kier molecular flexibility index (Phi) is 5.74. The Balaban J connectivity index is 2.29. The number of benzene rings is 1. The number of ether oxygens (including phenoxy) is 3. The van der Waals surface area contributed by atoms with E-state index in [-0.39, 0.29) is 5.78 Å². The highest BCUT2D eigenvalue weighted by Gasteiger charge is 2.13. The van der Waals surface area contributed by atoms with Gasteiger partial charge >= 0.3 is 0 Å². The molecule has 0 atom stereocenters. The summed E-state index contributed by atoms with van der Waals surface area (Å²) in [6.45, 7) is 2.39. The first-order valence-electron chi connectivity index (χ1n) is 7.20. The molecule has 2 rings (SSSR count). The van der Waals surface area contributed by atoms with Crippen molar-refractivity contribution in [1.82, 2.24) is 4.98 Å². The van der Waals surface area contributed by atoms with Crippen LogP contribution < -0.4 is 14.2 Å². The van der Waals surface area contributed by atoms with Crippen molar-refractivity contribution in [2.75, 3.05) is 20.8 Å². The first kappa shape index (κ1) is 16.5. The van der Waals surface area contributed by atoms with E-state index in [1.54, 1.807) is 50.8 Å². The van der Waals surface area contributed by atoms with Gasteiger partial charge in [0.15, 0.2) is 17.3 Å². The number of pyridine rings is 1. The molecule has 120 valence electrons. The van der Waals surface area contributed by atoms with Gasteiger partial charge in [-0.25, -0.2) is 0 Å². The van der Waals surface area contributed by atoms with Crippen LogP contribution >= 0.6 is 0 Å². The second-order valence-electron chi connectivity index (χ2n) is 4.63. The Morgan fingerprint density at radius 2 is 1.91 bits per heavy atom. The Labute approximate surface area is 135 Å². The van der Waals surface area contributed by atoms with E-state index in [1.807, 2.05) is 6.92 Å². The third-order valence-corrected chi connectivity index (χ3v) is 3.14. The number of carbonyl (C=O) groups is 1. The maximum atomic E-state index is 12.1. The number of nitrogens with zero attached hydrogens (tertiary/aromatic N) is 1. The van der Waals surface area contributed by atoms with Crippen LogP contribution in [0.5, 0.6) is 17.2 Å². The van der Waals surface area contributed by atoms with Gasteiger partial charge in [-0.1, -0.05) is 6.08 Å². The minimum Gasteiger partial charge on any atom is -0.493 e. The smallest absolute Gasteiger partial charge is 0.203 e. The summed E-state index contributed by atoms with van der Waals surface area (Å²) >= 11 is 0. The van der Waals surface area contributed by atoms with Gasteiger partial charge < -0.3 is 14.2 Å². The van der Waals surface area contributed by atoms with E-state index in [9.17, 15) is 4.79 Å². The van der Waals surface area contributed by atoms with E-state index in [2.05, 4.69) is 4.98 Å². The van der Waals surface area contributed by atoms with Crippen LogP contribution in [0.15, 0.2) is 42.7 Å². The molecule has 0 unspecified atom stereocenters. The first-order valence-corrected chi connectivity index (χ1v) is 7.20. The molecule has 0 amide bonds. The zero-order valence-corrected chi connectivity index (χ0v) is 13.4. The van der Waals surface area contributed by atoms with Gasteiger partial charge in [-0.05, 0) is 42.8 Å². The maximum Gasteiger partial charge on any atom is 0.203 e. The second kappa shape index (κ2) is 7.98. The molecule has 1 heterocycles. The molecule has 0 N–H and O–H groups in total. The van der Waals surface area contributed by atoms with Gasteiger partial charge in [0.1, 0.15) is 0 Å². The highest BCUT2D eigenvalue weighted by Crippen LogP contribution is 2.38. The summed E-state index contributed by atoms with van der Waals surface area (Å²) < 4.78 is 16.2. The minimum absolute atomic E-state index is 0.120. The van der Waals surface area contributed by atoms with Gasteiger partial charge in [0.25, 0.3) is 0 Å². The highest BCUT2D eigenvalue weighted by molar-refractivity contribution is 6.06. The highest BCUT2D eigenvalue weighted by atomic mass is 16.5. The standard InChI is InChI=1S/C18H19NO4/c1-4-23-18-16(21-2)10-13(11-17(18)22-3)7-8-15(20)14-6-5-9-19-12-14/h5-12H,4H2,1-3H3/b8-7+. The van der Waals surface area contributed by atoms with Crippen molar-refractivity contribution in [3.8, 4) is 17.2 Å². The van der Waals surface area contributed by atoms with Crippen LogP contribution in [0.25, 0.3) is 6.08 Å².